The highest BCUT2D eigenvalue weighted by atomic mass is 16.2. The molecule has 0 saturated heterocycles. The zero-order valence-electron chi connectivity index (χ0n) is 16.9. The van der Waals surface area contributed by atoms with E-state index in [-0.39, 0.29) is 24.4 Å². The molecule has 5 heteroatoms. The number of aromatic nitrogens is 1. The minimum atomic E-state index is -0.0258. The van der Waals surface area contributed by atoms with E-state index in [2.05, 4.69) is 0 Å². The van der Waals surface area contributed by atoms with E-state index in [1.54, 1.807) is 4.90 Å². The lowest BCUT2D eigenvalue weighted by atomic mass is 10.2. The molecule has 1 atom stereocenters. The number of hydrogen-bond donors (Lipinski definition) is 0. The van der Waals surface area contributed by atoms with Crippen LogP contribution in [-0.2, 0) is 29.7 Å². The summed E-state index contributed by atoms with van der Waals surface area (Å²) in [6.07, 6.45) is 3.22. The van der Waals surface area contributed by atoms with Crippen LogP contribution < -0.4 is 0 Å². The molecule has 146 valence electrons. The van der Waals surface area contributed by atoms with Gasteiger partial charge in [0.05, 0.1) is 6.54 Å². The molecule has 0 N–H and O–H groups in total. The molecule has 0 aliphatic rings. The van der Waals surface area contributed by atoms with Gasteiger partial charge in [-0.25, -0.2) is 0 Å². The first kappa shape index (κ1) is 20.7. The highest BCUT2D eigenvalue weighted by Gasteiger charge is 2.24. The molecular weight excluding hydrogens is 338 g/mol. The van der Waals surface area contributed by atoms with Gasteiger partial charge in [-0.1, -0.05) is 44.2 Å². The molecule has 0 unspecified atom stereocenters. The number of aryl methyl sites for hydroxylation is 1. The van der Waals surface area contributed by atoms with Crippen molar-refractivity contribution in [3.63, 3.8) is 0 Å². The van der Waals surface area contributed by atoms with Crippen molar-refractivity contribution < 1.29 is 9.59 Å². The zero-order chi connectivity index (χ0) is 19.8. The van der Waals surface area contributed by atoms with Crippen LogP contribution in [0.3, 0.4) is 0 Å². The van der Waals surface area contributed by atoms with Crippen molar-refractivity contribution in [2.45, 2.75) is 52.7 Å². The first-order chi connectivity index (χ1) is 13.0. The normalized spacial score (nSPS) is 11.9. The summed E-state index contributed by atoms with van der Waals surface area (Å²) >= 11 is 0. The summed E-state index contributed by atoms with van der Waals surface area (Å²) in [5.74, 6) is -0.00150. The Labute approximate surface area is 162 Å². The number of nitrogens with zero attached hydrogens (tertiary/aromatic N) is 3. The summed E-state index contributed by atoms with van der Waals surface area (Å²) in [4.78, 5) is 29.1. The summed E-state index contributed by atoms with van der Waals surface area (Å²) in [7, 11) is 1.98. The van der Waals surface area contributed by atoms with Crippen molar-refractivity contribution in [1.82, 2.24) is 14.4 Å². The topological polar surface area (TPSA) is 45.6 Å². The molecule has 27 heavy (non-hydrogen) atoms. The maximum Gasteiger partial charge on any atom is 0.242 e. The third-order valence-electron chi connectivity index (χ3n) is 5.02. The smallest absolute Gasteiger partial charge is 0.242 e. The van der Waals surface area contributed by atoms with Crippen LogP contribution in [0.2, 0.25) is 0 Å². The van der Waals surface area contributed by atoms with E-state index in [4.69, 9.17) is 0 Å². The van der Waals surface area contributed by atoms with E-state index >= 15 is 0 Å². The lowest BCUT2D eigenvalue weighted by Crippen LogP contribution is -2.46. The molecule has 1 heterocycles. The SMILES string of the molecule is CCC(=O)N(CC(=O)N(Cc1ccccc1)Cc1cccn1C)[C@H](C)CC. The second-order valence-corrected chi connectivity index (χ2v) is 6.98. The van der Waals surface area contributed by atoms with Crippen LogP contribution in [0.4, 0.5) is 0 Å². The van der Waals surface area contributed by atoms with Crippen LogP contribution in [0.1, 0.15) is 44.9 Å². The van der Waals surface area contributed by atoms with Crippen molar-refractivity contribution in [3.8, 4) is 0 Å². The predicted molar refractivity (Wildman–Crippen MR) is 108 cm³/mol. The minimum Gasteiger partial charge on any atom is -0.353 e. The number of rotatable bonds is 9. The van der Waals surface area contributed by atoms with Crippen LogP contribution in [0, 0.1) is 0 Å². The molecule has 2 aromatic rings. The molecule has 0 bridgehead atoms. The highest BCUT2D eigenvalue weighted by molar-refractivity contribution is 5.85. The van der Waals surface area contributed by atoms with E-state index < -0.39 is 0 Å². The Morgan fingerprint density at radius 3 is 2.26 bits per heavy atom. The largest absolute Gasteiger partial charge is 0.353 e. The van der Waals surface area contributed by atoms with Crippen LogP contribution >= 0.6 is 0 Å². The lowest BCUT2D eigenvalue weighted by molar-refractivity contribution is -0.142. The predicted octanol–water partition coefficient (Wildman–Crippen LogP) is 3.59. The molecular formula is C22H31N3O2. The molecule has 0 spiro atoms. The van der Waals surface area contributed by atoms with Gasteiger partial charge in [0, 0.05) is 37.9 Å². The van der Waals surface area contributed by atoms with Gasteiger partial charge in [0.2, 0.25) is 11.8 Å². The van der Waals surface area contributed by atoms with Crippen molar-refractivity contribution in [2.24, 2.45) is 7.05 Å². The van der Waals surface area contributed by atoms with Gasteiger partial charge in [0.1, 0.15) is 6.54 Å². The Hall–Kier alpha value is -2.56. The fourth-order valence-corrected chi connectivity index (χ4v) is 3.05. The first-order valence-electron chi connectivity index (χ1n) is 9.67. The summed E-state index contributed by atoms with van der Waals surface area (Å²) in [6.45, 7) is 7.05. The molecule has 2 rings (SSSR count). The van der Waals surface area contributed by atoms with E-state index in [1.807, 2.05) is 85.9 Å². The van der Waals surface area contributed by atoms with E-state index in [1.165, 1.54) is 0 Å². The summed E-state index contributed by atoms with van der Waals surface area (Å²) < 4.78 is 2.02. The number of carbonyl (C=O) groups is 2. The maximum atomic E-state index is 13.2. The molecule has 0 aliphatic heterocycles. The van der Waals surface area contributed by atoms with Crippen LogP contribution in [0.5, 0.6) is 0 Å². The average molecular weight is 370 g/mol. The Morgan fingerprint density at radius 2 is 1.70 bits per heavy atom. The quantitative estimate of drug-likeness (QED) is 0.678. The summed E-state index contributed by atoms with van der Waals surface area (Å²) in [5.41, 5.74) is 2.15. The Balaban J connectivity index is 2.21. The van der Waals surface area contributed by atoms with Gasteiger partial charge in [0.15, 0.2) is 0 Å². The second kappa shape index (κ2) is 9.95. The Bertz CT molecular complexity index is 739. The second-order valence-electron chi connectivity index (χ2n) is 6.98. The summed E-state index contributed by atoms with van der Waals surface area (Å²) in [6, 6.07) is 14.0. The molecule has 1 aromatic heterocycles. The Morgan fingerprint density at radius 1 is 1.00 bits per heavy atom. The number of carbonyl (C=O) groups excluding carboxylic acids is 2. The number of amides is 2. The molecule has 5 nitrogen and oxygen atoms in total. The fourth-order valence-electron chi connectivity index (χ4n) is 3.05. The Kier molecular flexibility index (Phi) is 7.65. The van der Waals surface area contributed by atoms with Gasteiger partial charge in [-0.2, -0.15) is 0 Å². The molecule has 0 saturated carbocycles. The average Bonchev–Trinajstić information content (AvgIpc) is 3.09. The van der Waals surface area contributed by atoms with Crippen LogP contribution in [0.25, 0.3) is 0 Å². The standard InChI is InChI=1S/C22H31N3O2/c1-5-18(3)25(21(26)6-2)17-22(27)24(15-19-11-8-7-9-12-19)16-20-13-10-14-23(20)4/h7-14,18H,5-6,15-17H2,1-4H3/t18-/m1/s1. The van der Waals surface area contributed by atoms with Gasteiger partial charge < -0.3 is 14.4 Å². The van der Waals surface area contributed by atoms with Gasteiger partial charge in [-0.3, -0.25) is 9.59 Å². The molecule has 1 aromatic carbocycles. The number of hydrogen-bond acceptors (Lipinski definition) is 2. The minimum absolute atomic E-state index is 0.0243. The first-order valence-corrected chi connectivity index (χ1v) is 9.67. The van der Waals surface area contributed by atoms with Gasteiger partial charge in [0.25, 0.3) is 0 Å². The van der Waals surface area contributed by atoms with Crippen LogP contribution in [0.15, 0.2) is 48.7 Å². The zero-order valence-corrected chi connectivity index (χ0v) is 16.9. The van der Waals surface area contributed by atoms with Crippen molar-refractivity contribution >= 4 is 11.8 Å². The highest BCUT2D eigenvalue weighted by Crippen LogP contribution is 2.13. The monoisotopic (exact) mass is 369 g/mol. The lowest BCUT2D eigenvalue weighted by Gasteiger charge is -2.31. The number of benzene rings is 1. The third kappa shape index (κ3) is 5.71. The third-order valence-corrected chi connectivity index (χ3v) is 5.02. The van der Waals surface area contributed by atoms with Gasteiger partial charge >= 0.3 is 0 Å². The summed E-state index contributed by atoms with van der Waals surface area (Å²) in [5, 5.41) is 0. The molecule has 2 amide bonds. The van der Waals surface area contributed by atoms with Crippen molar-refractivity contribution in [3.05, 3.63) is 59.9 Å². The van der Waals surface area contributed by atoms with E-state index in [0.29, 0.717) is 19.5 Å². The van der Waals surface area contributed by atoms with Crippen molar-refractivity contribution in [1.29, 1.82) is 0 Å². The van der Waals surface area contributed by atoms with Crippen LogP contribution in [-0.4, -0.2) is 38.8 Å². The molecule has 0 radical (unpaired) electrons. The fraction of sp³-hybridized carbons (Fsp3) is 0.455. The molecule has 0 fully saturated rings. The van der Waals surface area contributed by atoms with E-state index in [9.17, 15) is 9.59 Å². The van der Waals surface area contributed by atoms with Gasteiger partial charge in [-0.15, -0.1) is 0 Å². The molecule has 0 aliphatic carbocycles. The van der Waals surface area contributed by atoms with Gasteiger partial charge in [-0.05, 0) is 31.0 Å². The van der Waals surface area contributed by atoms with Crippen molar-refractivity contribution in [2.75, 3.05) is 6.54 Å². The maximum absolute atomic E-state index is 13.2. The van der Waals surface area contributed by atoms with E-state index in [0.717, 1.165) is 17.7 Å².